The van der Waals surface area contributed by atoms with Crippen LogP contribution in [0.5, 0.6) is 0 Å². The van der Waals surface area contributed by atoms with Crippen molar-refractivity contribution in [2.45, 2.75) is 12.5 Å². The third-order valence-corrected chi connectivity index (χ3v) is 3.07. The summed E-state index contributed by atoms with van der Waals surface area (Å²) in [5, 5.41) is 3.26. The number of sulfonamides is 1. The third-order valence-electron chi connectivity index (χ3n) is 1.80. The molecule has 0 bridgehead atoms. The Balaban J connectivity index is 2.51. The first-order valence-electron chi connectivity index (χ1n) is 3.61. The van der Waals surface area contributed by atoms with E-state index in [1.54, 1.807) is 0 Å². The van der Waals surface area contributed by atoms with Gasteiger partial charge in [0, 0.05) is 19.7 Å². The van der Waals surface area contributed by atoms with Crippen molar-refractivity contribution in [1.29, 1.82) is 0 Å². The van der Waals surface area contributed by atoms with Crippen molar-refractivity contribution in [3.05, 3.63) is 0 Å². The molecule has 12 heavy (non-hydrogen) atoms. The second kappa shape index (κ2) is 3.40. The second-order valence-electron chi connectivity index (χ2n) is 2.77. The molecular weight excluding hydrogens is 180 g/mol. The maximum atomic E-state index is 11.0. The summed E-state index contributed by atoms with van der Waals surface area (Å²) in [6, 6.07) is 0. The van der Waals surface area contributed by atoms with Gasteiger partial charge in [0.15, 0.2) is 0 Å². The molecule has 0 saturated carbocycles. The molecule has 0 aliphatic carbocycles. The standard InChI is InChI=1S/C6H12N2O3S/c1-7-11-6-3-4-8(5-6)12(2,9)10/h6H,1,3-5H2,2H3/t6-/m1/s1. The predicted octanol–water partition coefficient (Wildman–Crippen LogP) is -0.347. The Labute approximate surface area is 72.0 Å². The summed E-state index contributed by atoms with van der Waals surface area (Å²) in [6.07, 6.45) is 1.75. The molecule has 0 radical (unpaired) electrons. The van der Waals surface area contributed by atoms with Crippen molar-refractivity contribution in [3.63, 3.8) is 0 Å². The van der Waals surface area contributed by atoms with Gasteiger partial charge in [-0.1, -0.05) is 0 Å². The lowest BCUT2D eigenvalue weighted by Gasteiger charge is -2.11. The van der Waals surface area contributed by atoms with Crippen molar-refractivity contribution < 1.29 is 13.3 Å². The molecule has 0 spiro atoms. The molecule has 0 aromatic heterocycles. The summed E-state index contributed by atoms with van der Waals surface area (Å²) in [4.78, 5) is 4.84. The second-order valence-corrected chi connectivity index (χ2v) is 4.75. The SMILES string of the molecule is C=NO[C@@H]1CCN(S(C)(=O)=O)C1. The first kappa shape index (κ1) is 9.47. The van der Waals surface area contributed by atoms with Crippen LogP contribution in [0.3, 0.4) is 0 Å². The van der Waals surface area contributed by atoms with E-state index < -0.39 is 10.0 Å². The Morgan fingerprint density at radius 2 is 2.33 bits per heavy atom. The highest BCUT2D eigenvalue weighted by atomic mass is 32.2. The van der Waals surface area contributed by atoms with Crippen molar-refractivity contribution in [2.75, 3.05) is 19.3 Å². The van der Waals surface area contributed by atoms with Crippen molar-refractivity contribution in [3.8, 4) is 0 Å². The Kier molecular flexibility index (Phi) is 2.69. The average molecular weight is 192 g/mol. The smallest absolute Gasteiger partial charge is 0.211 e. The average Bonchev–Trinajstić information content (AvgIpc) is 2.35. The fraction of sp³-hybridized carbons (Fsp3) is 0.833. The summed E-state index contributed by atoms with van der Waals surface area (Å²) in [7, 11) is -3.06. The molecular formula is C6H12N2O3S. The molecule has 6 heteroatoms. The van der Waals surface area contributed by atoms with Gasteiger partial charge < -0.3 is 4.84 Å². The highest BCUT2D eigenvalue weighted by Crippen LogP contribution is 2.15. The molecule has 0 N–H and O–H groups in total. The Hall–Kier alpha value is -0.620. The lowest BCUT2D eigenvalue weighted by molar-refractivity contribution is 0.0720. The van der Waals surface area contributed by atoms with Gasteiger partial charge >= 0.3 is 0 Å². The van der Waals surface area contributed by atoms with Gasteiger partial charge in [0.1, 0.15) is 6.10 Å². The molecule has 1 fully saturated rings. The van der Waals surface area contributed by atoms with E-state index >= 15 is 0 Å². The number of nitrogens with zero attached hydrogens (tertiary/aromatic N) is 2. The molecule has 5 nitrogen and oxygen atoms in total. The Morgan fingerprint density at radius 1 is 1.67 bits per heavy atom. The molecule has 1 saturated heterocycles. The van der Waals surface area contributed by atoms with Crippen LogP contribution in [0.1, 0.15) is 6.42 Å². The minimum Gasteiger partial charge on any atom is -0.392 e. The van der Waals surface area contributed by atoms with Gasteiger partial charge in [0.05, 0.1) is 12.8 Å². The zero-order valence-electron chi connectivity index (χ0n) is 6.93. The van der Waals surface area contributed by atoms with Gasteiger partial charge in [-0.25, -0.2) is 8.42 Å². The van der Waals surface area contributed by atoms with Crippen molar-refractivity contribution >= 4 is 16.7 Å². The molecule has 1 aliphatic rings. The molecule has 1 aliphatic heterocycles. The summed E-state index contributed by atoms with van der Waals surface area (Å²) < 4.78 is 23.4. The fourth-order valence-corrected chi connectivity index (χ4v) is 2.06. The van der Waals surface area contributed by atoms with Crippen LogP contribution in [0.4, 0.5) is 0 Å². The van der Waals surface area contributed by atoms with Crippen molar-refractivity contribution in [2.24, 2.45) is 5.16 Å². The maximum absolute atomic E-state index is 11.0. The lowest BCUT2D eigenvalue weighted by Crippen LogP contribution is -2.28. The zero-order valence-corrected chi connectivity index (χ0v) is 7.75. The number of rotatable bonds is 3. The summed E-state index contributed by atoms with van der Waals surface area (Å²) in [5.74, 6) is 0. The maximum Gasteiger partial charge on any atom is 0.211 e. The molecule has 70 valence electrons. The van der Waals surface area contributed by atoms with E-state index in [9.17, 15) is 8.42 Å². The molecule has 0 aromatic carbocycles. The molecule has 1 rings (SSSR count). The van der Waals surface area contributed by atoms with E-state index in [-0.39, 0.29) is 6.10 Å². The topological polar surface area (TPSA) is 59.0 Å². The fourth-order valence-electron chi connectivity index (χ4n) is 1.19. The Morgan fingerprint density at radius 3 is 2.75 bits per heavy atom. The van der Waals surface area contributed by atoms with Crippen LogP contribution in [0.15, 0.2) is 5.16 Å². The van der Waals surface area contributed by atoms with Gasteiger partial charge in [0.2, 0.25) is 10.0 Å². The normalized spacial score (nSPS) is 25.6. The largest absolute Gasteiger partial charge is 0.392 e. The minimum atomic E-state index is -3.06. The van der Waals surface area contributed by atoms with Crippen LogP contribution in [0.25, 0.3) is 0 Å². The van der Waals surface area contributed by atoms with E-state index in [2.05, 4.69) is 11.9 Å². The first-order valence-corrected chi connectivity index (χ1v) is 5.46. The minimum absolute atomic E-state index is 0.128. The van der Waals surface area contributed by atoms with Gasteiger partial charge in [-0.15, -0.1) is 5.16 Å². The molecule has 0 unspecified atom stereocenters. The number of hydrogen-bond acceptors (Lipinski definition) is 4. The van der Waals surface area contributed by atoms with Crippen LogP contribution in [0.2, 0.25) is 0 Å². The van der Waals surface area contributed by atoms with Gasteiger partial charge in [0.25, 0.3) is 0 Å². The van der Waals surface area contributed by atoms with Crippen LogP contribution in [0, 0.1) is 0 Å². The summed E-state index contributed by atoms with van der Waals surface area (Å²) in [6.45, 7) is 4.07. The third kappa shape index (κ3) is 2.18. The highest BCUT2D eigenvalue weighted by Gasteiger charge is 2.29. The van der Waals surface area contributed by atoms with Crippen molar-refractivity contribution in [1.82, 2.24) is 4.31 Å². The first-order chi connectivity index (χ1) is 5.54. The zero-order chi connectivity index (χ0) is 9.19. The monoisotopic (exact) mass is 192 g/mol. The summed E-state index contributed by atoms with van der Waals surface area (Å²) >= 11 is 0. The van der Waals surface area contributed by atoms with Gasteiger partial charge in [-0.05, 0) is 0 Å². The highest BCUT2D eigenvalue weighted by molar-refractivity contribution is 7.88. The molecule has 0 amide bonds. The van der Waals surface area contributed by atoms with E-state index in [4.69, 9.17) is 4.84 Å². The van der Waals surface area contributed by atoms with E-state index in [0.717, 1.165) is 0 Å². The van der Waals surface area contributed by atoms with E-state index in [1.807, 2.05) is 0 Å². The lowest BCUT2D eigenvalue weighted by atomic mass is 10.3. The van der Waals surface area contributed by atoms with Crippen LogP contribution >= 0.6 is 0 Å². The molecule has 1 atom stereocenters. The van der Waals surface area contributed by atoms with Gasteiger partial charge in [-0.3, -0.25) is 0 Å². The van der Waals surface area contributed by atoms with E-state index in [1.165, 1.54) is 10.6 Å². The number of oxime groups is 1. The Bertz CT molecular complexity index is 262. The van der Waals surface area contributed by atoms with E-state index in [0.29, 0.717) is 19.5 Å². The summed E-state index contributed by atoms with van der Waals surface area (Å²) in [5.41, 5.74) is 0. The molecule has 1 heterocycles. The van der Waals surface area contributed by atoms with Crippen LogP contribution in [-0.2, 0) is 14.9 Å². The molecule has 0 aromatic rings. The van der Waals surface area contributed by atoms with Crippen LogP contribution in [-0.4, -0.2) is 44.9 Å². The van der Waals surface area contributed by atoms with Crippen LogP contribution < -0.4 is 0 Å². The van der Waals surface area contributed by atoms with Gasteiger partial charge in [-0.2, -0.15) is 4.31 Å². The predicted molar refractivity (Wildman–Crippen MR) is 45.5 cm³/mol. The number of hydrogen-bond donors (Lipinski definition) is 0. The quantitative estimate of drug-likeness (QED) is 0.453.